The van der Waals surface area contributed by atoms with Crippen LogP contribution < -0.4 is 0 Å². The summed E-state index contributed by atoms with van der Waals surface area (Å²) in [5.41, 5.74) is 0. The van der Waals surface area contributed by atoms with Crippen LogP contribution in [0.4, 0.5) is 0 Å². The van der Waals surface area contributed by atoms with Crippen molar-refractivity contribution in [3.8, 4) is 0 Å². The third kappa shape index (κ3) is 1.87. The molecule has 0 amide bonds. The number of aryl methyl sites for hydroxylation is 1. The molecule has 0 unspecified atom stereocenters. The fourth-order valence-corrected chi connectivity index (χ4v) is 1.62. The third-order valence-electron chi connectivity index (χ3n) is 0.946. The molecular weight excluding hydrogens is 152 g/mol. The average Bonchev–Trinajstić information content (AvgIpc) is 2.17. The summed E-state index contributed by atoms with van der Waals surface area (Å²) in [5, 5.41) is 7.85. The van der Waals surface area contributed by atoms with E-state index in [0.717, 1.165) is 21.8 Å². The van der Waals surface area contributed by atoms with Crippen LogP contribution in [0.2, 0.25) is 0 Å². The number of H-pyrrole nitrogens is 1. The van der Waals surface area contributed by atoms with Gasteiger partial charge in [0, 0.05) is 6.42 Å². The van der Waals surface area contributed by atoms with E-state index in [1.165, 1.54) is 0 Å². The first-order valence-electron chi connectivity index (χ1n) is 2.87. The van der Waals surface area contributed by atoms with Crippen LogP contribution in [-0.2, 0) is 6.42 Å². The van der Waals surface area contributed by atoms with Gasteiger partial charge in [-0.2, -0.15) is 5.10 Å². The predicted octanol–water partition coefficient (Wildman–Crippen LogP) is 2.15. The van der Waals surface area contributed by atoms with E-state index in [0.29, 0.717) is 0 Å². The number of rotatable bonds is 2. The monoisotopic (exact) mass is 160 g/mol. The van der Waals surface area contributed by atoms with Crippen LogP contribution in [0, 0.1) is 3.95 Å². The molecule has 1 N–H and O–H groups in total. The minimum Gasteiger partial charge on any atom is -0.258 e. The Kier molecular flexibility index (Phi) is 2.36. The van der Waals surface area contributed by atoms with Crippen molar-refractivity contribution >= 4 is 23.6 Å². The van der Waals surface area contributed by atoms with Gasteiger partial charge in [-0.25, -0.2) is 0 Å². The molecule has 1 aromatic heterocycles. The smallest absolute Gasteiger partial charge is 0.176 e. The zero-order chi connectivity index (χ0) is 6.69. The van der Waals surface area contributed by atoms with Gasteiger partial charge >= 0.3 is 0 Å². The second kappa shape index (κ2) is 3.08. The van der Waals surface area contributed by atoms with Gasteiger partial charge in [-0.05, 0) is 18.6 Å². The van der Waals surface area contributed by atoms with E-state index in [-0.39, 0.29) is 0 Å². The van der Waals surface area contributed by atoms with Crippen molar-refractivity contribution in [1.29, 1.82) is 0 Å². The molecule has 0 aliphatic rings. The lowest BCUT2D eigenvalue weighted by molar-refractivity contribution is 0.877. The van der Waals surface area contributed by atoms with Crippen molar-refractivity contribution in [3.63, 3.8) is 0 Å². The van der Waals surface area contributed by atoms with Crippen molar-refractivity contribution < 1.29 is 0 Å². The first kappa shape index (κ1) is 6.89. The maximum absolute atomic E-state index is 4.85. The molecule has 9 heavy (non-hydrogen) atoms. The van der Waals surface area contributed by atoms with Crippen LogP contribution >= 0.6 is 23.6 Å². The Labute approximate surface area is 62.9 Å². The molecular formula is C5H8N2S2. The molecule has 4 heteroatoms. The summed E-state index contributed by atoms with van der Waals surface area (Å²) >= 11 is 6.41. The number of nitrogens with zero attached hydrogens (tertiary/aromatic N) is 1. The zero-order valence-electron chi connectivity index (χ0n) is 5.18. The number of hydrogen-bond acceptors (Lipinski definition) is 3. The van der Waals surface area contributed by atoms with E-state index in [2.05, 4.69) is 17.1 Å². The molecule has 0 radical (unpaired) electrons. The van der Waals surface area contributed by atoms with Gasteiger partial charge in [0.2, 0.25) is 0 Å². The van der Waals surface area contributed by atoms with Crippen molar-refractivity contribution in [3.05, 3.63) is 8.96 Å². The van der Waals surface area contributed by atoms with Gasteiger partial charge in [-0.15, -0.1) is 0 Å². The molecule has 0 aliphatic carbocycles. The van der Waals surface area contributed by atoms with Crippen molar-refractivity contribution in [2.45, 2.75) is 19.8 Å². The van der Waals surface area contributed by atoms with Gasteiger partial charge in [0.05, 0.1) is 0 Å². The highest BCUT2D eigenvalue weighted by atomic mass is 32.1. The van der Waals surface area contributed by atoms with Gasteiger partial charge in [0.15, 0.2) is 3.95 Å². The van der Waals surface area contributed by atoms with E-state index in [1.807, 2.05) is 0 Å². The Bertz CT molecular complexity index is 225. The van der Waals surface area contributed by atoms with Crippen molar-refractivity contribution in [2.24, 2.45) is 0 Å². The molecule has 1 aromatic rings. The fourth-order valence-electron chi connectivity index (χ4n) is 0.581. The van der Waals surface area contributed by atoms with Crippen LogP contribution in [0.5, 0.6) is 0 Å². The number of aromatic amines is 1. The maximum Gasteiger partial charge on any atom is 0.176 e. The molecule has 0 bridgehead atoms. The number of hydrogen-bond donors (Lipinski definition) is 1. The van der Waals surface area contributed by atoms with Crippen molar-refractivity contribution in [2.75, 3.05) is 0 Å². The summed E-state index contributed by atoms with van der Waals surface area (Å²) in [6, 6.07) is 0. The lowest BCUT2D eigenvalue weighted by Crippen LogP contribution is -1.79. The standard InChI is InChI=1S/C5H8N2S2/c1-2-3-4-6-7-5(8)9-4/h2-3H2,1H3,(H,7,8). The van der Waals surface area contributed by atoms with Gasteiger partial charge in [-0.1, -0.05) is 18.3 Å². The molecule has 1 heterocycles. The molecule has 1 rings (SSSR count). The highest BCUT2D eigenvalue weighted by Crippen LogP contribution is 2.05. The molecule has 0 atom stereocenters. The van der Waals surface area contributed by atoms with Gasteiger partial charge in [0.25, 0.3) is 0 Å². The molecule has 0 fully saturated rings. The summed E-state index contributed by atoms with van der Waals surface area (Å²) in [7, 11) is 0. The molecule has 0 aromatic carbocycles. The maximum atomic E-state index is 4.85. The minimum atomic E-state index is 0.776. The van der Waals surface area contributed by atoms with Gasteiger partial charge in [-0.3, -0.25) is 5.10 Å². The van der Waals surface area contributed by atoms with Gasteiger partial charge < -0.3 is 0 Å². The van der Waals surface area contributed by atoms with E-state index in [1.54, 1.807) is 11.3 Å². The quantitative estimate of drug-likeness (QED) is 0.671. The Morgan fingerprint density at radius 3 is 3.00 bits per heavy atom. The Balaban J connectivity index is 2.73. The summed E-state index contributed by atoms with van der Waals surface area (Å²) < 4.78 is 0.776. The summed E-state index contributed by atoms with van der Waals surface area (Å²) in [6.07, 6.45) is 2.17. The first-order valence-corrected chi connectivity index (χ1v) is 4.09. The summed E-state index contributed by atoms with van der Waals surface area (Å²) in [6.45, 7) is 2.13. The van der Waals surface area contributed by atoms with Crippen molar-refractivity contribution in [1.82, 2.24) is 10.2 Å². The largest absolute Gasteiger partial charge is 0.258 e. The second-order valence-corrected chi connectivity index (χ2v) is 3.51. The molecule has 0 spiro atoms. The molecule has 2 nitrogen and oxygen atoms in total. The minimum absolute atomic E-state index is 0.776. The lowest BCUT2D eigenvalue weighted by atomic mass is 10.4. The van der Waals surface area contributed by atoms with E-state index in [4.69, 9.17) is 12.2 Å². The highest BCUT2D eigenvalue weighted by Gasteiger charge is 1.92. The normalized spacial score (nSPS) is 9.89. The Morgan fingerprint density at radius 1 is 1.78 bits per heavy atom. The zero-order valence-corrected chi connectivity index (χ0v) is 6.81. The van der Waals surface area contributed by atoms with Crippen LogP contribution in [0.1, 0.15) is 18.4 Å². The van der Waals surface area contributed by atoms with E-state index in [9.17, 15) is 0 Å². The predicted molar refractivity (Wildman–Crippen MR) is 41.3 cm³/mol. The average molecular weight is 160 g/mol. The topological polar surface area (TPSA) is 28.7 Å². The summed E-state index contributed by atoms with van der Waals surface area (Å²) in [4.78, 5) is 0. The number of nitrogens with one attached hydrogen (secondary N) is 1. The Hall–Kier alpha value is -0.220. The molecule has 0 aliphatic heterocycles. The third-order valence-corrected chi connectivity index (χ3v) is 2.10. The molecule has 0 saturated heterocycles. The molecule has 0 saturated carbocycles. The SMILES string of the molecule is CCCc1n[nH]c(=S)s1. The number of aromatic nitrogens is 2. The van der Waals surface area contributed by atoms with Crippen LogP contribution in [0.15, 0.2) is 0 Å². The highest BCUT2D eigenvalue weighted by molar-refractivity contribution is 7.73. The fraction of sp³-hybridized carbons (Fsp3) is 0.600. The molecule has 50 valence electrons. The first-order chi connectivity index (χ1) is 4.33. The van der Waals surface area contributed by atoms with Gasteiger partial charge in [0.1, 0.15) is 5.01 Å². The lowest BCUT2D eigenvalue weighted by Gasteiger charge is -1.82. The van der Waals surface area contributed by atoms with Crippen LogP contribution in [0.25, 0.3) is 0 Å². The van der Waals surface area contributed by atoms with E-state index < -0.39 is 0 Å². The van der Waals surface area contributed by atoms with Crippen LogP contribution in [0.3, 0.4) is 0 Å². The Morgan fingerprint density at radius 2 is 2.56 bits per heavy atom. The van der Waals surface area contributed by atoms with Crippen LogP contribution in [-0.4, -0.2) is 10.2 Å². The second-order valence-electron chi connectivity index (χ2n) is 1.76. The summed E-state index contributed by atoms with van der Waals surface area (Å²) in [5.74, 6) is 0. The van der Waals surface area contributed by atoms with E-state index >= 15 is 0 Å².